The minimum atomic E-state index is -0.240. The fraction of sp³-hybridized carbons (Fsp3) is 0.579. The first-order chi connectivity index (χ1) is 12.0. The Morgan fingerprint density at radius 3 is 2.76 bits per heavy atom. The van der Waals surface area contributed by atoms with Crippen LogP contribution in [-0.2, 0) is 16.0 Å². The Hall–Kier alpha value is -1.20. The Kier molecular flexibility index (Phi) is 4.49. The van der Waals surface area contributed by atoms with Crippen molar-refractivity contribution >= 4 is 35.2 Å². The molecule has 1 saturated carbocycles. The van der Waals surface area contributed by atoms with E-state index in [0.717, 1.165) is 37.7 Å². The first kappa shape index (κ1) is 17.2. The number of carbonyl (C=O) groups is 2. The topological polar surface area (TPSA) is 58.2 Å². The Balaban J connectivity index is 1.30. The summed E-state index contributed by atoms with van der Waals surface area (Å²) >= 11 is 7.80. The average molecular weight is 379 g/mol. The molecule has 2 amide bonds. The van der Waals surface area contributed by atoms with Crippen molar-refractivity contribution < 1.29 is 9.59 Å². The van der Waals surface area contributed by atoms with Gasteiger partial charge >= 0.3 is 0 Å². The van der Waals surface area contributed by atoms with Crippen LogP contribution in [0.15, 0.2) is 18.2 Å². The molecule has 0 bridgehead atoms. The molecule has 3 unspecified atom stereocenters. The number of nitrogens with one attached hydrogen (secondary N) is 2. The maximum absolute atomic E-state index is 12.6. The molecular weight excluding hydrogens is 356 g/mol. The Labute approximate surface area is 157 Å². The fourth-order valence-electron chi connectivity index (χ4n) is 3.72. The zero-order chi connectivity index (χ0) is 17.6. The highest BCUT2D eigenvalue weighted by Crippen LogP contribution is 2.40. The first-order valence-corrected chi connectivity index (χ1v) is 10.3. The lowest BCUT2D eigenvalue weighted by atomic mass is 9.77. The van der Waals surface area contributed by atoms with Crippen LogP contribution in [0.3, 0.4) is 0 Å². The van der Waals surface area contributed by atoms with Gasteiger partial charge in [0.1, 0.15) is 0 Å². The quantitative estimate of drug-likeness (QED) is 0.828. The number of hydrogen-bond donors (Lipinski definition) is 2. The van der Waals surface area contributed by atoms with E-state index < -0.39 is 0 Å². The second-order valence-electron chi connectivity index (χ2n) is 7.60. The van der Waals surface area contributed by atoms with E-state index in [2.05, 4.69) is 17.6 Å². The molecule has 3 aliphatic rings. The van der Waals surface area contributed by atoms with Crippen LogP contribution < -0.4 is 10.6 Å². The standard InChI is InChI=1S/C19H23ClN2O2S/c1-11-2-5-16(25-11)18(24)21-10-19(6-7-19)22-17(23)15-8-12-3-4-13(20)9-14(12)15/h3-4,9,11,15-16H,2,5-8,10H2,1H3,(H,21,24)(H,22,23). The van der Waals surface area contributed by atoms with E-state index in [1.807, 2.05) is 18.2 Å². The summed E-state index contributed by atoms with van der Waals surface area (Å²) in [6, 6.07) is 5.76. The van der Waals surface area contributed by atoms with Crippen LogP contribution in [0.4, 0.5) is 0 Å². The lowest BCUT2D eigenvalue weighted by molar-refractivity contribution is -0.125. The number of fused-ring (bicyclic) bond motifs is 1. The van der Waals surface area contributed by atoms with Crippen LogP contribution in [0.5, 0.6) is 0 Å². The molecule has 0 radical (unpaired) electrons. The van der Waals surface area contributed by atoms with Crippen molar-refractivity contribution in [1.29, 1.82) is 0 Å². The Morgan fingerprint density at radius 1 is 1.28 bits per heavy atom. The Bertz CT molecular complexity index is 719. The minimum Gasteiger partial charge on any atom is -0.353 e. The van der Waals surface area contributed by atoms with Crippen molar-refractivity contribution in [2.75, 3.05) is 6.54 Å². The molecule has 2 fully saturated rings. The van der Waals surface area contributed by atoms with Crippen LogP contribution in [0.1, 0.15) is 49.7 Å². The summed E-state index contributed by atoms with van der Waals surface area (Å²) in [7, 11) is 0. The highest BCUT2D eigenvalue weighted by Gasteiger charge is 2.46. The van der Waals surface area contributed by atoms with Gasteiger partial charge in [-0.1, -0.05) is 24.6 Å². The van der Waals surface area contributed by atoms with Gasteiger partial charge in [0.15, 0.2) is 0 Å². The molecule has 0 spiro atoms. The molecule has 3 atom stereocenters. The molecule has 6 heteroatoms. The smallest absolute Gasteiger partial charge is 0.233 e. The van der Waals surface area contributed by atoms with Crippen LogP contribution >= 0.6 is 23.4 Å². The lowest BCUT2D eigenvalue weighted by Gasteiger charge is -2.31. The zero-order valence-electron chi connectivity index (χ0n) is 14.3. The summed E-state index contributed by atoms with van der Waals surface area (Å²) in [5.41, 5.74) is 2.01. The molecular formula is C19H23ClN2O2S. The molecule has 2 aliphatic carbocycles. The van der Waals surface area contributed by atoms with Crippen LogP contribution in [-0.4, -0.2) is 34.4 Å². The summed E-state index contributed by atoms with van der Waals surface area (Å²) in [4.78, 5) is 24.9. The molecule has 1 aromatic rings. The summed E-state index contributed by atoms with van der Waals surface area (Å²) in [6.07, 6.45) is 4.70. The highest BCUT2D eigenvalue weighted by atomic mass is 35.5. The highest BCUT2D eigenvalue weighted by molar-refractivity contribution is 8.01. The number of carbonyl (C=O) groups excluding carboxylic acids is 2. The van der Waals surface area contributed by atoms with Gasteiger partial charge in [0.05, 0.1) is 16.7 Å². The number of benzene rings is 1. The van der Waals surface area contributed by atoms with Crippen LogP contribution in [0, 0.1) is 0 Å². The maximum atomic E-state index is 12.6. The van der Waals surface area contributed by atoms with Gasteiger partial charge < -0.3 is 10.6 Å². The van der Waals surface area contributed by atoms with Gasteiger partial charge in [0, 0.05) is 16.8 Å². The molecule has 25 heavy (non-hydrogen) atoms. The van der Waals surface area contributed by atoms with Crippen molar-refractivity contribution in [1.82, 2.24) is 10.6 Å². The molecule has 1 heterocycles. The van der Waals surface area contributed by atoms with Crippen molar-refractivity contribution in [2.24, 2.45) is 0 Å². The van der Waals surface area contributed by atoms with Crippen LogP contribution in [0.2, 0.25) is 5.02 Å². The maximum Gasteiger partial charge on any atom is 0.233 e. The van der Waals surface area contributed by atoms with Gasteiger partial charge in [-0.05, 0) is 55.4 Å². The van der Waals surface area contributed by atoms with E-state index >= 15 is 0 Å². The lowest BCUT2D eigenvalue weighted by Crippen LogP contribution is -2.49. The second kappa shape index (κ2) is 6.51. The predicted octanol–water partition coefficient (Wildman–Crippen LogP) is 3.03. The summed E-state index contributed by atoms with van der Waals surface area (Å²) < 4.78 is 0. The summed E-state index contributed by atoms with van der Waals surface area (Å²) in [5.74, 6) is 0.0779. The summed E-state index contributed by atoms with van der Waals surface area (Å²) in [5, 5.41) is 7.55. The minimum absolute atomic E-state index is 0.0605. The normalized spacial score (nSPS) is 28.6. The number of hydrogen-bond acceptors (Lipinski definition) is 3. The van der Waals surface area contributed by atoms with Gasteiger partial charge in [-0.25, -0.2) is 0 Å². The van der Waals surface area contributed by atoms with E-state index in [-0.39, 0.29) is 28.5 Å². The molecule has 1 aliphatic heterocycles. The predicted molar refractivity (Wildman–Crippen MR) is 101 cm³/mol. The summed E-state index contributed by atoms with van der Waals surface area (Å²) in [6.45, 7) is 2.71. The van der Waals surface area contributed by atoms with Crippen molar-refractivity contribution in [2.45, 2.75) is 61.0 Å². The van der Waals surface area contributed by atoms with Crippen molar-refractivity contribution in [3.8, 4) is 0 Å². The third-order valence-corrected chi connectivity index (χ3v) is 7.30. The molecule has 2 N–H and O–H groups in total. The molecule has 1 saturated heterocycles. The molecule has 4 rings (SSSR count). The molecule has 134 valence electrons. The molecule has 1 aromatic carbocycles. The largest absolute Gasteiger partial charge is 0.353 e. The monoisotopic (exact) mass is 378 g/mol. The Morgan fingerprint density at radius 2 is 2.08 bits per heavy atom. The SMILES string of the molecule is CC1CCC(C(=O)NCC2(NC(=O)C3Cc4ccc(Cl)cc43)CC2)S1. The van der Waals surface area contributed by atoms with E-state index in [1.165, 1.54) is 5.56 Å². The van der Waals surface area contributed by atoms with Crippen molar-refractivity contribution in [3.63, 3.8) is 0 Å². The van der Waals surface area contributed by atoms with Crippen LogP contribution in [0.25, 0.3) is 0 Å². The average Bonchev–Trinajstić information content (AvgIpc) is 3.18. The van der Waals surface area contributed by atoms with E-state index in [4.69, 9.17) is 11.6 Å². The third kappa shape index (κ3) is 3.54. The number of rotatable bonds is 5. The van der Waals surface area contributed by atoms with Gasteiger partial charge in [0.2, 0.25) is 11.8 Å². The zero-order valence-corrected chi connectivity index (χ0v) is 15.9. The first-order valence-electron chi connectivity index (χ1n) is 8.99. The number of amides is 2. The van der Waals surface area contributed by atoms with Gasteiger partial charge in [-0.3, -0.25) is 9.59 Å². The van der Waals surface area contributed by atoms with Gasteiger partial charge in [0.25, 0.3) is 0 Å². The number of halogens is 1. The van der Waals surface area contributed by atoms with Gasteiger partial charge in [-0.15, -0.1) is 11.8 Å². The molecule has 0 aromatic heterocycles. The molecule has 4 nitrogen and oxygen atoms in total. The van der Waals surface area contributed by atoms with E-state index in [0.29, 0.717) is 16.8 Å². The number of thioether (sulfide) groups is 1. The second-order valence-corrected chi connectivity index (χ2v) is 9.68. The van der Waals surface area contributed by atoms with E-state index in [1.54, 1.807) is 11.8 Å². The van der Waals surface area contributed by atoms with Gasteiger partial charge in [-0.2, -0.15) is 0 Å². The third-order valence-electron chi connectivity index (χ3n) is 5.59. The fourth-order valence-corrected chi connectivity index (χ4v) is 5.21. The van der Waals surface area contributed by atoms with E-state index in [9.17, 15) is 9.59 Å². The van der Waals surface area contributed by atoms with Crippen molar-refractivity contribution in [3.05, 3.63) is 34.3 Å².